The molecule has 0 aromatic heterocycles. The van der Waals surface area contributed by atoms with Gasteiger partial charge in [-0.25, -0.2) is 4.79 Å². The van der Waals surface area contributed by atoms with Crippen LogP contribution in [0.2, 0.25) is 5.02 Å². The number of hydrogen-bond donors (Lipinski definition) is 3. The standard InChI is InChI=1S/C33H44ClN3O5S/c1-37(20-17-24-9-4-2-5-10-24)30(39)16-15-28(23-38)35-31(40)29(21-25-11-6-3-7-12-25)43-36-32(41)42-33(18-19-33)26-13-8-14-27(34)22-26/h2,4-5,8-10,13-14,22,25,28-29,38H,3,6-7,11-12,15-21,23H2,1H3,(H,35,40)(H,36,41)/t28-,29-/m0/s1. The number of aliphatic hydroxyl groups excluding tert-OH is 1. The number of hydrogen-bond acceptors (Lipinski definition) is 6. The lowest BCUT2D eigenvalue weighted by molar-refractivity contribution is -0.130. The Morgan fingerprint density at radius 2 is 1.84 bits per heavy atom. The molecule has 2 aromatic carbocycles. The van der Waals surface area contributed by atoms with Crippen LogP contribution in [0.1, 0.15) is 75.3 Å². The van der Waals surface area contributed by atoms with Crippen LogP contribution in [-0.4, -0.2) is 59.4 Å². The second kappa shape index (κ2) is 16.4. The minimum Gasteiger partial charge on any atom is -0.437 e. The molecular formula is C33H44ClN3O5S. The molecule has 0 bridgehead atoms. The van der Waals surface area contributed by atoms with Crippen LogP contribution in [0, 0.1) is 5.92 Å². The molecule has 2 saturated carbocycles. The maximum Gasteiger partial charge on any atom is 0.418 e. The van der Waals surface area contributed by atoms with Crippen molar-refractivity contribution < 1.29 is 24.2 Å². The first kappa shape index (κ1) is 33.1. The van der Waals surface area contributed by atoms with Gasteiger partial charge in [0, 0.05) is 25.0 Å². The number of aliphatic hydroxyl groups is 1. The van der Waals surface area contributed by atoms with E-state index in [4.69, 9.17) is 16.3 Å². The average molecular weight is 630 g/mol. The van der Waals surface area contributed by atoms with Crippen molar-refractivity contribution in [2.75, 3.05) is 20.2 Å². The molecule has 2 aliphatic rings. The van der Waals surface area contributed by atoms with Crippen LogP contribution in [0.3, 0.4) is 0 Å². The summed E-state index contributed by atoms with van der Waals surface area (Å²) in [4.78, 5) is 40.7. The Morgan fingerprint density at radius 3 is 2.51 bits per heavy atom. The van der Waals surface area contributed by atoms with Crippen molar-refractivity contribution in [2.45, 2.75) is 87.5 Å². The molecule has 0 aliphatic heterocycles. The number of carbonyl (C=O) groups is 3. The molecule has 0 spiro atoms. The van der Waals surface area contributed by atoms with Crippen molar-refractivity contribution in [1.82, 2.24) is 14.9 Å². The van der Waals surface area contributed by atoms with E-state index in [0.29, 0.717) is 30.3 Å². The molecule has 0 unspecified atom stereocenters. The molecule has 3 N–H and O–H groups in total. The number of likely N-dealkylation sites (N-methyl/N-ethyl adjacent to an activating group) is 1. The van der Waals surface area contributed by atoms with Gasteiger partial charge in [-0.2, -0.15) is 0 Å². The molecule has 10 heteroatoms. The smallest absolute Gasteiger partial charge is 0.418 e. The van der Waals surface area contributed by atoms with Gasteiger partial charge in [-0.1, -0.05) is 86.2 Å². The third-order valence-corrected chi connectivity index (χ3v) is 9.68. The van der Waals surface area contributed by atoms with Crippen LogP contribution in [-0.2, 0) is 26.3 Å². The van der Waals surface area contributed by atoms with Crippen molar-refractivity contribution in [3.05, 3.63) is 70.7 Å². The normalized spacial score (nSPS) is 17.4. The van der Waals surface area contributed by atoms with E-state index >= 15 is 0 Å². The van der Waals surface area contributed by atoms with Crippen LogP contribution in [0.25, 0.3) is 0 Å². The van der Waals surface area contributed by atoms with Gasteiger partial charge in [0.05, 0.1) is 12.6 Å². The van der Waals surface area contributed by atoms with Gasteiger partial charge < -0.3 is 20.1 Å². The van der Waals surface area contributed by atoms with Gasteiger partial charge >= 0.3 is 6.09 Å². The van der Waals surface area contributed by atoms with E-state index in [0.717, 1.165) is 62.5 Å². The maximum absolute atomic E-state index is 13.4. The van der Waals surface area contributed by atoms with E-state index in [2.05, 4.69) is 10.0 Å². The lowest BCUT2D eigenvalue weighted by atomic mass is 9.86. The number of halogens is 1. The van der Waals surface area contributed by atoms with Crippen molar-refractivity contribution in [3.63, 3.8) is 0 Å². The minimum absolute atomic E-state index is 0.0325. The quantitative estimate of drug-likeness (QED) is 0.209. The number of carbonyl (C=O) groups excluding carboxylic acids is 3. The predicted molar refractivity (Wildman–Crippen MR) is 171 cm³/mol. The molecule has 3 amide bonds. The van der Waals surface area contributed by atoms with Crippen LogP contribution < -0.4 is 10.0 Å². The van der Waals surface area contributed by atoms with Crippen LogP contribution in [0.5, 0.6) is 0 Å². The highest BCUT2D eigenvalue weighted by molar-refractivity contribution is 7.99. The molecule has 0 saturated heterocycles. The largest absolute Gasteiger partial charge is 0.437 e. The van der Waals surface area contributed by atoms with Crippen molar-refractivity contribution in [2.24, 2.45) is 5.92 Å². The van der Waals surface area contributed by atoms with E-state index in [1.54, 1.807) is 18.0 Å². The highest BCUT2D eigenvalue weighted by atomic mass is 35.5. The number of ether oxygens (including phenoxy) is 1. The zero-order chi connectivity index (χ0) is 30.7. The van der Waals surface area contributed by atoms with E-state index in [1.807, 2.05) is 48.5 Å². The first-order valence-electron chi connectivity index (χ1n) is 15.4. The van der Waals surface area contributed by atoms with Gasteiger partial charge in [-0.05, 0) is 73.2 Å². The van der Waals surface area contributed by atoms with Crippen molar-refractivity contribution >= 4 is 41.5 Å². The molecule has 2 atom stereocenters. The van der Waals surface area contributed by atoms with Crippen LogP contribution >= 0.6 is 23.5 Å². The third kappa shape index (κ3) is 10.4. The lowest BCUT2D eigenvalue weighted by Gasteiger charge is -2.27. The van der Waals surface area contributed by atoms with E-state index in [-0.39, 0.29) is 24.8 Å². The van der Waals surface area contributed by atoms with E-state index < -0.39 is 23.0 Å². The molecule has 2 fully saturated rings. The van der Waals surface area contributed by atoms with Gasteiger partial charge in [-0.3, -0.25) is 14.3 Å². The minimum atomic E-state index is -0.681. The molecule has 2 aromatic rings. The fraction of sp³-hybridized carbons (Fsp3) is 0.545. The zero-order valence-electron chi connectivity index (χ0n) is 24.9. The Balaban J connectivity index is 1.28. The van der Waals surface area contributed by atoms with Gasteiger partial charge in [0.15, 0.2) is 0 Å². The predicted octanol–water partition coefficient (Wildman–Crippen LogP) is 6.00. The van der Waals surface area contributed by atoms with Gasteiger partial charge in [-0.15, -0.1) is 0 Å². The Labute approximate surface area is 264 Å². The van der Waals surface area contributed by atoms with E-state index in [9.17, 15) is 19.5 Å². The third-order valence-electron chi connectivity index (χ3n) is 8.47. The summed E-state index contributed by atoms with van der Waals surface area (Å²) in [7, 11) is 1.78. The van der Waals surface area contributed by atoms with Gasteiger partial charge in [0.25, 0.3) is 0 Å². The summed E-state index contributed by atoms with van der Waals surface area (Å²) in [6.45, 7) is 0.324. The fourth-order valence-corrected chi connectivity index (χ4v) is 6.66. The maximum atomic E-state index is 13.4. The second-order valence-electron chi connectivity index (χ2n) is 11.8. The van der Waals surface area contributed by atoms with Crippen LogP contribution in [0.4, 0.5) is 4.79 Å². The first-order chi connectivity index (χ1) is 20.8. The van der Waals surface area contributed by atoms with Gasteiger partial charge in [0.2, 0.25) is 11.8 Å². The van der Waals surface area contributed by atoms with E-state index in [1.165, 1.54) is 12.0 Å². The first-order valence-corrected chi connectivity index (χ1v) is 16.6. The molecule has 234 valence electrons. The summed E-state index contributed by atoms with van der Waals surface area (Å²) in [6.07, 6.45) is 8.37. The molecule has 0 radical (unpaired) electrons. The summed E-state index contributed by atoms with van der Waals surface area (Å²) in [6, 6.07) is 16.8. The fourth-order valence-electron chi connectivity index (χ4n) is 5.64. The highest BCUT2D eigenvalue weighted by Crippen LogP contribution is 2.49. The summed E-state index contributed by atoms with van der Waals surface area (Å²) < 4.78 is 8.56. The molecule has 43 heavy (non-hydrogen) atoms. The molecule has 0 heterocycles. The second-order valence-corrected chi connectivity index (χ2v) is 13.3. The van der Waals surface area contributed by atoms with Crippen molar-refractivity contribution in [1.29, 1.82) is 0 Å². The lowest BCUT2D eigenvalue weighted by Crippen LogP contribution is -2.44. The summed E-state index contributed by atoms with van der Waals surface area (Å²) in [5, 5.41) is 13.0. The molecule has 8 nitrogen and oxygen atoms in total. The Morgan fingerprint density at radius 1 is 1.09 bits per heavy atom. The molecular weight excluding hydrogens is 586 g/mol. The summed E-state index contributed by atoms with van der Waals surface area (Å²) in [5.74, 6) is 0.106. The topological polar surface area (TPSA) is 108 Å². The van der Waals surface area contributed by atoms with Crippen LogP contribution in [0.15, 0.2) is 54.6 Å². The Hall–Kier alpha value is -2.75. The Bertz CT molecular complexity index is 1210. The average Bonchev–Trinajstić information content (AvgIpc) is 3.81. The highest BCUT2D eigenvalue weighted by Gasteiger charge is 2.49. The monoisotopic (exact) mass is 629 g/mol. The number of nitrogens with zero attached hydrogens (tertiary/aromatic N) is 1. The number of benzene rings is 2. The number of amides is 3. The van der Waals surface area contributed by atoms with Crippen molar-refractivity contribution in [3.8, 4) is 0 Å². The number of nitrogens with one attached hydrogen (secondary N) is 2. The SMILES string of the molecule is CN(CCc1ccccc1)C(=O)CC[C@@H](CO)NC(=O)[C@H](CC1CCCCC1)SNC(=O)OC1(c2cccc(Cl)c2)CC1. The van der Waals surface area contributed by atoms with Gasteiger partial charge in [0.1, 0.15) is 10.9 Å². The number of rotatable bonds is 15. The Kier molecular flexibility index (Phi) is 12.6. The zero-order valence-corrected chi connectivity index (χ0v) is 26.5. The molecule has 4 rings (SSSR count). The summed E-state index contributed by atoms with van der Waals surface area (Å²) in [5.41, 5.74) is 1.35. The molecule has 2 aliphatic carbocycles. The summed E-state index contributed by atoms with van der Waals surface area (Å²) >= 11 is 7.21.